The first-order valence-corrected chi connectivity index (χ1v) is 8.71. The van der Waals surface area contributed by atoms with Gasteiger partial charge in [0, 0.05) is 19.3 Å². The van der Waals surface area contributed by atoms with Crippen LogP contribution < -0.4 is 15.5 Å². The van der Waals surface area contributed by atoms with Crippen molar-refractivity contribution in [2.45, 2.75) is 32.0 Å². The Labute approximate surface area is 154 Å². The molecule has 9 heteroatoms. The summed E-state index contributed by atoms with van der Waals surface area (Å²) in [6.45, 7) is 1.87. The number of carbonyl (C=O) groups excluding carboxylic acids is 1. The Bertz CT molecular complexity index is 791. The molecule has 3 rings (SSSR count). The third-order valence-corrected chi connectivity index (χ3v) is 4.26. The molecule has 0 bridgehead atoms. The molecule has 1 aliphatic heterocycles. The van der Waals surface area contributed by atoms with Crippen LogP contribution in [0.4, 0.5) is 29.5 Å². The number of benzene rings is 1. The Balaban J connectivity index is 1.60. The molecule has 0 unspecified atom stereocenters. The number of para-hydroxylation sites is 1. The van der Waals surface area contributed by atoms with Gasteiger partial charge in [-0.3, -0.25) is 0 Å². The van der Waals surface area contributed by atoms with Crippen molar-refractivity contribution in [3.05, 3.63) is 47.9 Å². The Morgan fingerprint density at radius 2 is 1.85 bits per heavy atom. The first-order chi connectivity index (χ1) is 12.9. The van der Waals surface area contributed by atoms with Gasteiger partial charge in [-0.2, -0.15) is 13.2 Å². The van der Waals surface area contributed by atoms with Crippen LogP contribution in [-0.2, 0) is 12.7 Å². The average molecular weight is 379 g/mol. The molecule has 2 aromatic rings. The molecular formula is C18H20F3N5O. The second kappa shape index (κ2) is 8.24. The lowest BCUT2D eigenvalue weighted by Gasteiger charge is -2.27. The van der Waals surface area contributed by atoms with Gasteiger partial charge in [-0.05, 0) is 37.5 Å². The van der Waals surface area contributed by atoms with E-state index in [2.05, 4.69) is 25.5 Å². The van der Waals surface area contributed by atoms with Crippen LogP contribution in [0.2, 0.25) is 0 Å². The number of amides is 2. The van der Waals surface area contributed by atoms with E-state index in [-0.39, 0.29) is 12.2 Å². The second-order valence-corrected chi connectivity index (χ2v) is 6.23. The van der Waals surface area contributed by atoms with Gasteiger partial charge in [-0.1, -0.05) is 12.1 Å². The van der Waals surface area contributed by atoms with Gasteiger partial charge < -0.3 is 15.5 Å². The van der Waals surface area contributed by atoms with E-state index in [0.29, 0.717) is 5.82 Å². The lowest BCUT2D eigenvalue weighted by Crippen LogP contribution is -2.32. The lowest BCUT2D eigenvalue weighted by molar-refractivity contribution is -0.136. The zero-order chi connectivity index (χ0) is 19.3. The normalized spacial score (nSPS) is 14.7. The van der Waals surface area contributed by atoms with Crippen LogP contribution in [0.1, 0.15) is 30.7 Å². The van der Waals surface area contributed by atoms with E-state index in [4.69, 9.17) is 0 Å². The Morgan fingerprint density at radius 1 is 1.11 bits per heavy atom. The molecule has 0 saturated carbocycles. The van der Waals surface area contributed by atoms with Gasteiger partial charge in [0.05, 0.1) is 17.8 Å². The van der Waals surface area contributed by atoms with Crippen LogP contribution in [-0.4, -0.2) is 29.1 Å². The maximum atomic E-state index is 13.0. The summed E-state index contributed by atoms with van der Waals surface area (Å²) in [5, 5.41) is 4.72. The van der Waals surface area contributed by atoms with E-state index in [0.717, 1.165) is 37.8 Å². The molecule has 144 valence electrons. The standard InChI is InChI=1S/C18H20F3N5O/c19-18(20,21)13-6-2-3-7-14(13)24-17(27)23-12-15-22-9-8-16(25-15)26-10-4-1-5-11-26/h2-3,6-9H,1,4-5,10-12H2,(H2,23,24,27). The Hall–Kier alpha value is -2.84. The molecule has 2 heterocycles. The predicted octanol–water partition coefficient (Wildman–Crippen LogP) is 3.81. The number of piperidine rings is 1. The highest BCUT2D eigenvalue weighted by molar-refractivity contribution is 5.90. The maximum Gasteiger partial charge on any atom is 0.418 e. The molecule has 1 saturated heterocycles. The van der Waals surface area contributed by atoms with Gasteiger partial charge in [0.1, 0.15) is 11.6 Å². The van der Waals surface area contributed by atoms with E-state index in [1.807, 2.05) is 6.07 Å². The molecule has 1 aromatic heterocycles. The van der Waals surface area contributed by atoms with Gasteiger partial charge in [0.25, 0.3) is 0 Å². The van der Waals surface area contributed by atoms with Crippen LogP contribution in [0.25, 0.3) is 0 Å². The van der Waals surface area contributed by atoms with Crippen molar-refractivity contribution < 1.29 is 18.0 Å². The van der Waals surface area contributed by atoms with Gasteiger partial charge in [-0.15, -0.1) is 0 Å². The lowest BCUT2D eigenvalue weighted by atomic mass is 10.1. The van der Waals surface area contributed by atoms with Crippen molar-refractivity contribution in [2.75, 3.05) is 23.3 Å². The Morgan fingerprint density at radius 3 is 2.59 bits per heavy atom. The molecule has 27 heavy (non-hydrogen) atoms. The molecule has 1 aliphatic rings. The van der Waals surface area contributed by atoms with Crippen molar-refractivity contribution in [3.8, 4) is 0 Å². The molecule has 6 nitrogen and oxygen atoms in total. The quantitative estimate of drug-likeness (QED) is 0.848. The summed E-state index contributed by atoms with van der Waals surface area (Å²) >= 11 is 0. The minimum Gasteiger partial charge on any atom is -0.357 e. The number of anilines is 2. The molecule has 0 radical (unpaired) electrons. The van der Waals surface area contributed by atoms with E-state index < -0.39 is 17.8 Å². The van der Waals surface area contributed by atoms with Crippen molar-refractivity contribution >= 4 is 17.5 Å². The first-order valence-electron chi connectivity index (χ1n) is 8.71. The number of hydrogen-bond donors (Lipinski definition) is 2. The first kappa shape index (κ1) is 18.9. The largest absolute Gasteiger partial charge is 0.418 e. The van der Waals surface area contributed by atoms with Gasteiger partial charge in [-0.25, -0.2) is 14.8 Å². The minimum absolute atomic E-state index is 0.0156. The SMILES string of the molecule is O=C(NCc1nccc(N2CCCCC2)n1)Nc1ccccc1C(F)(F)F. The van der Waals surface area contributed by atoms with Crippen LogP contribution >= 0.6 is 0 Å². The number of urea groups is 1. The summed E-state index contributed by atoms with van der Waals surface area (Å²) in [6.07, 6.45) is 0.493. The van der Waals surface area contributed by atoms with Crippen molar-refractivity contribution in [1.82, 2.24) is 15.3 Å². The molecule has 1 fully saturated rings. The number of nitrogens with zero attached hydrogens (tertiary/aromatic N) is 3. The smallest absolute Gasteiger partial charge is 0.357 e. The van der Waals surface area contributed by atoms with Crippen molar-refractivity contribution in [1.29, 1.82) is 0 Å². The van der Waals surface area contributed by atoms with Gasteiger partial charge >= 0.3 is 12.2 Å². The topological polar surface area (TPSA) is 70.2 Å². The van der Waals surface area contributed by atoms with Crippen LogP contribution in [0.5, 0.6) is 0 Å². The van der Waals surface area contributed by atoms with E-state index >= 15 is 0 Å². The molecule has 0 atom stereocenters. The highest BCUT2D eigenvalue weighted by atomic mass is 19.4. The maximum absolute atomic E-state index is 13.0. The van der Waals surface area contributed by atoms with Crippen molar-refractivity contribution in [2.24, 2.45) is 0 Å². The fourth-order valence-electron chi connectivity index (χ4n) is 2.94. The summed E-state index contributed by atoms with van der Waals surface area (Å²) in [7, 11) is 0. The zero-order valence-corrected chi connectivity index (χ0v) is 14.6. The summed E-state index contributed by atoms with van der Waals surface area (Å²) < 4.78 is 38.9. The Kier molecular flexibility index (Phi) is 5.78. The highest BCUT2D eigenvalue weighted by Crippen LogP contribution is 2.34. The van der Waals surface area contributed by atoms with E-state index in [1.165, 1.54) is 24.6 Å². The monoisotopic (exact) mass is 379 g/mol. The summed E-state index contributed by atoms with van der Waals surface area (Å²) in [6, 6.07) is 5.88. The minimum atomic E-state index is -4.55. The fourth-order valence-corrected chi connectivity index (χ4v) is 2.94. The highest BCUT2D eigenvalue weighted by Gasteiger charge is 2.33. The molecular weight excluding hydrogens is 359 g/mol. The second-order valence-electron chi connectivity index (χ2n) is 6.23. The molecule has 0 aliphatic carbocycles. The number of nitrogens with one attached hydrogen (secondary N) is 2. The van der Waals surface area contributed by atoms with E-state index in [9.17, 15) is 18.0 Å². The van der Waals surface area contributed by atoms with Crippen LogP contribution in [0.3, 0.4) is 0 Å². The number of hydrogen-bond acceptors (Lipinski definition) is 4. The summed E-state index contributed by atoms with van der Waals surface area (Å²) in [5.41, 5.74) is -1.20. The number of carbonyl (C=O) groups is 1. The zero-order valence-electron chi connectivity index (χ0n) is 14.6. The third-order valence-electron chi connectivity index (χ3n) is 4.26. The van der Waals surface area contributed by atoms with Gasteiger partial charge in [0.15, 0.2) is 0 Å². The number of rotatable bonds is 4. The van der Waals surface area contributed by atoms with Crippen molar-refractivity contribution in [3.63, 3.8) is 0 Å². The van der Waals surface area contributed by atoms with Gasteiger partial charge in [0.2, 0.25) is 0 Å². The van der Waals surface area contributed by atoms with Crippen LogP contribution in [0.15, 0.2) is 36.5 Å². The van der Waals surface area contributed by atoms with Crippen LogP contribution in [0, 0.1) is 0 Å². The third kappa shape index (κ3) is 5.08. The predicted molar refractivity (Wildman–Crippen MR) is 95.4 cm³/mol. The fraction of sp³-hybridized carbons (Fsp3) is 0.389. The summed E-state index contributed by atoms with van der Waals surface area (Å²) in [4.78, 5) is 22.7. The molecule has 2 amide bonds. The number of alkyl halides is 3. The average Bonchev–Trinajstić information content (AvgIpc) is 2.67. The van der Waals surface area contributed by atoms with E-state index in [1.54, 1.807) is 6.20 Å². The number of aromatic nitrogens is 2. The molecule has 1 aromatic carbocycles. The summed E-state index contributed by atoms with van der Waals surface area (Å²) in [5.74, 6) is 1.20. The number of halogens is 3. The molecule has 0 spiro atoms. The molecule has 2 N–H and O–H groups in total.